The van der Waals surface area contributed by atoms with Gasteiger partial charge < -0.3 is 21.5 Å². The van der Waals surface area contributed by atoms with Crippen molar-refractivity contribution in [1.29, 1.82) is 0 Å². The normalized spacial score (nSPS) is 16.8. The van der Waals surface area contributed by atoms with Crippen LogP contribution in [0, 0.1) is 5.82 Å². The van der Waals surface area contributed by atoms with Gasteiger partial charge in [-0.1, -0.05) is 36.4 Å². The highest BCUT2D eigenvalue weighted by molar-refractivity contribution is 6.03. The minimum Gasteiger partial charge on any atom is -0.397 e. The molecule has 11 heteroatoms. The van der Waals surface area contributed by atoms with Gasteiger partial charge in [0.2, 0.25) is 11.8 Å². The Bertz CT molecular complexity index is 1380. The van der Waals surface area contributed by atoms with Crippen molar-refractivity contribution in [2.24, 2.45) is 0 Å². The van der Waals surface area contributed by atoms with E-state index in [0.717, 1.165) is 6.07 Å². The zero-order valence-electron chi connectivity index (χ0n) is 20.6. The van der Waals surface area contributed by atoms with E-state index >= 15 is 0 Å². The summed E-state index contributed by atoms with van der Waals surface area (Å²) >= 11 is 0. The molecule has 3 aromatic carbocycles. The second-order valence-corrected chi connectivity index (χ2v) is 9.10. The van der Waals surface area contributed by atoms with Crippen LogP contribution in [-0.2, 0) is 15.8 Å². The smallest absolute Gasteiger partial charge is 0.397 e. The summed E-state index contributed by atoms with van der Waals surface area (Å²) in [6.45, 7) is 0.581. The molecule has 204 valence electrons. The van der Waals surface area contributed by atoms with Crippen LogP contribution >= 0.6 is 0 Å². The molecule has 5 N–H and O–H groups in total. The van der Waals surface area contributed by atoms with Crippen molar-refractivity contribution in [2.45, 2.75) is 24.7 Å². The largest absolute Gasteiger partial charge is 0.416 e. The van der Waals surface area contributed by atoms with Crippen LogP contribution in [0.25, 0.3) is 6.08 Å². The van der Waals surface area contributed by atoms with Crippen molar-refractivity contribution >= 4 is 35.0 Å². The van der Waals surface area contributed by atoms with Gasteiger partial charge in [0.1, 0.15) is 11.9 Å². The summed E-state index contributed by atoms with van der Waals surface area (Å²) in [6.07, 6.45) is -2.04. The van der Waals surface area contributed by atoms with Gasteiger partial charge in [0.05, 0.1) is 28.7 Å². The molecule has 4 rings (SSSR count). The quantitative estimate of drug-likeness (QED) is 0.195. The topological polar surface area (TPSA) is 108 Å². The first-order valence-corrected chi connectivity index (χ1v) is 12.0. The number of alkyl halides is 3. The number of para-hydroxylation sites is 2. The van der Waals surface area contributed by atoms with Gasteiger partial charge in [-0.3, -0.25) is 14.5 Å². The average Bonchev–Trinajstić information content (AvgIpc) is 3.31. The van der Waals surface area contributed by atoms with Gasteiger partial charge in [-0.15, -0.1) is 0 Å². The van der Waals surface area contributed by atoms with E-state index in [1.165, 1.54) is 6.08 Å². The number of aliphatic hydroxyl groups excluding tert-OH is 1. The standard InChI is InChI=1S/C28H26F4N4O3/c29-21-15-19(28(30,31)32)10-11-23(21)35-27(39)26(36-14-13-20(37)16-36)18-8-5-17(6-9-18)7-12-25(38)34-24-4-2-1-3-22(24)33/h1-12,15,20,26,37H,13-14,16,33H2,(H,34,38)(H,35,39)/b12-7+/t20-,26?/m0/s1. The Morgan fingerprint density at radius 1 is 1.03 bits per heavy atom. The third-order valence-electron chi connectivity index (χ3n) is 6.26. The van der Waals surface area contributed by atoms with Gasteiger partial charge in [0, 0.05) is 19.2 Å². The number of β-amino-alcohol motifs (C(OH)–C–C–N with tert-alkyl or cyclic N) is 1. The van der Waals surface area contributed by atoms with E-state index in [2.05, 4.69) is 10.6 Å². The Hall–Kier alpha value is -4.22. The number of nitrogen functional groups attached to an aromatic ring is 1. The number of hydrogen-bond acceptors (Lipinski definition) is 5. The van der Waals surface area contributed by atoms with Gasteiger partial charge in [0.25, 0.3) is 0 Å². The van der Waals surface area contributed by atoms with Crippen molar-refractivity contribution in [3.63, 3.8) is 0 Å². The number of amides is 2. The number of nitrogens with two attached hydrogens (primary N) is 1. The molecule has 2 atom stereocenters. The van der Waals surface area contributed by atoms with Crippen LogP contribution in [0.2, 0.25) is 0 Å². The number of carbonyl (C=O) groups is 2. The van der Waals surface area contributed by atoms with Gasteiger partial charge >= 0.3 is 6.18 Å². The molecule has 0 saturated carbocycles. The summed E-state index contributed by atoms with van der Waals surface area (Å²) in [7, 11) is 0. The number of halogens is 4. The zero-order chi connectivity index (χ0) is 28.2. The number of nitrogens with zero attached hydrogens (tertiary/aromatic N) is 1. The van der Waals surface area contributed by atoms with Gasteiger partial charge in [-0.2, -0.15) is 13.2 Å². The van der Waals surface area contributed by atoms with Crippen LogP contribution in [0.15, 0.2) is 72.8 Å². The summed E-state index contributed by atoms with van der Waals surface area (Å²) in [4.78, 5) is 27.2. The Morgan fingerprint density at radius 3 is 2.36 bits per heavy atom. The van der Waals surface area contributed by atoms with Gasteiger partial charge in [0.15, 0.2) is 0 Å². The van der Waals surface area contributed by atoms with E-state index < -0.39 is 35.6 Å². The molecule has 1 aliphatic rings. The van der Waals surface area contributed by atoms with Crippen LogP contribution in [0.3, 0.4) is 0 Å². The summed E-state index contributed by atoms with van der Waals surface area (Å²) in [5.41, 5.74) is 6.36. The lowest BCUT2D eigenvalue weighted by Gasteiger charge is -2.27. The highest BCUT2D eigenvalue weighted by Gasteiger charge is 2.34. The molecule has 1 fully saturated rings. The molecule has 0 radical (unpaired) electrons. The Morgan fingerprint density at radius 2 is 1.74 bits per heavy atom. The Balaban J connectivity index is 1.50. The van der Waals surface area contributed by atoms with E-state index in [4.69, 9.17) is 5.73 Å². The fourth-order valence-electron chi connectivity index (χ4n) is 4.27. The van der Waals surface area contributed by atoms with Crippen molar-refractivity contribution in [1.82, 2.24) is 4.90 Å². The fraction of sp³-hybridized carbons (Fsp3) is 0.214. The van der Waals surface area contributed by atoms with Crippen LogP contribution in [0.4, 0.5) is 34.6 Å². The van der Waals surface area contributed by atoms with Gasteiger partial charge in [-0.05, 0) is 54.0 Å². The highest BCUT2D eigenvalue weighted by Crippen LogP contribution is 2.32. The summed E-state index contributed by atoms with van der Waals surface area (Å²) in [5, 5.41) is 15.1. The second-order valence-electron chi connectivity index (χ2n) is 9.10. The lowest BCUT2D eigenvalue weighted by molar-refractivity contribution is -0.137. The molecule has 0 bridgehead atoms. The maximum atomic E-state index is 14.4. The molecule has 0 aromatic heterocycles. The van der Waals surface area contributed by atoms with E-state index in [1.807, 2.05) is 0 Å². The van der Waals surface area contributed by atoms with E-state index in [9.17, 15) is 32.3 Å². The molecule has 7 nitrogen and oxygen atoms in total. The minimum absolute atomic E-state index is 0.192. The average molecular weight is 543 g/mol. The molecule has 39 heavy (non-hydrogen) atoms. The first-order chi connectivity index (χ1) is 18.5. The number of nitrogens with one attached hydrogen (secondary N) is 2. The number of aliphatic hydroxyl groups is 1. The molecule has 1 unspecified atom stereocenters. The Kier molecular flexibility index (Phi) is 8.32. The lowest BCUT2D eigenvalue weighted by atomic mass is 10.0. The van der Waals surface area contributed by atoms with Crippen molar-refractivity contribution < 1.29 is 32.3 Å². The highest BCUT2D eigenvalue weighted by atomic mass is 19.4. The maximum Gasteiger partial charge on any atom is 0.416 e. The molecule has 1 saturated heterocycles. The monoisotopic (exact) mass is 542 g/mol. The zero-order valence-corrected chi connectivity index (χ0v) is 20.6. The number of rotatable bonds is 7. The number of likely N-dealkylation sites (tertiary alicyclic amines) is 1. The van der Waals surface area contributed by atoms with E-state index in [0.29, 0.717) is 47.6 Å². The van der Waals surface area contributed by atoms with Gasteiger partial charge in [-0.25, -0.2) is 4.39 Å². The summed E-state index contributed by atoms with van der Waals surface area (Å²) in [5.74, 6) is -2.26. The van der Waals surface area contributed by atoms with Crippen molar-refractivity contribution in [2.75, 3.05) is 29.5 Å². The molecular formula is C28H26F4N4O3. The van der Waals surface area contributed by atoms with Crippen LogP contribution in [0.5, 0.6) is 0 Å². The molecule has 0 aliphatic carbocycles. The van der Waals surface area contributed by atoms with Crippen molar-refractivity contribution in [3.8, 4) is 0 Å². The third-order valence-corrected chi connectivity index (χ3v) is 6.26. The number of hydrogen-bond donors (Lipinski definition) is 4. The van der Waals surface area contributed by atoms with Crippen LogP contribution in [-0.4, -0.2) is 41.0 Å². The molecule has 1 heterocycles. The molecular weight excluding hydrogens is 516 g/mol. The molecule has 0 spiro atoms. The molecule has 2 amide bonds. The lowest BCUT2D eigenvalue weighted by Crippen LogP contribution is -2.36. The predicted octanol–water partition coefficient (Wildman–Crippen LogP) is 4.83. The van der Waals surface area contributed by atoms with E-state index in [1.54, 1.807) is 59.5 Å². The summed E-state index contributed by atoms with van der Waals surface area (Å²) in [6, 6.07) is 14.5. The number of carbonyl (C=O) groups excluding carboxylic acids is 2. The van der Waals surface area contributed by atoms with E-state index in [-0.39, 0.29) is 18.1 Å². The maximum absolute atomic E-state index is 14.4. The number of anilines is 3. The van der Waals surface area contributed by atoms with Crippen molar-refractivity contribution in [3.05, 3.63) is 95.3 Å². The third kappa shape index (κ3) is 7.01. The molecule has 1 aliphatic heterocycles. The van der Waals surface area contributed by atoms with Crippen LogP contribution < -0.4 is 16.4 Å². The predicted molar refractivity (Wildman–Crippen MR) is 140 cm³/mol. The second kappa shape index (κ2) is 11.7. The molecule has 3 aromatic rings. The SMILES string of the molecule is Nc1ccccc1NC(=O)/C=C/c1ccc(C(C(=O)Nc2ccc(C(F)(F)F)cc2F)N2CC[C@H](O)C2)cc1. The fourth-order valence-corrected chi connectivity index (χ4v) is 4.27. The first kappa shape index (κ1) is 27.8. The number of benzene rings is 3. The Labute approximate surface area is 221 Å². The minimum atomic E-state index is -4.72. The summed E-state index contributed by atoms with van der Waals surface area (Å²) < 4.78 is 53.0. The first-order valence-electron chi connectivity index (χ1n) is 12.0. The van der Waals surface area contributed by atoms with Crippen LogP contribution in [0.1, 0.15) is 29.2 Å².